The molecular formula is C16H12FN3O. The third-order valence-electron chi connectivity index (χ3n) is 3.47. The normalized spacial score (nSPS) is 12.7. The summed E-state index contributed by atoms with van der Waals surface area (Å²) in [6, 6.07) is 14.1. The van der Waals surface area contributed by atoms with Gasteiger partial charge in [-0.2, -0.15) is 5.06 Å². The van der Waals surface area contributed by atoms with Crippen LogP contribution in [0.25, 0.3) is 5.69 Å². The SMILES string of the molecule is Fc1ccc(ON2Cc3ccccc3-n3cncc32)cc1. The molecule has 21 heavy (non-hydrogen) atoms. The van der Waals surface area contributed by atoms with Gasteiger partial charge in [0.05, 0.1) is 18.4 Å². The Bertz CT molecular complexity index is 782. The van der Waals surface area contributed by atoms with Gasteiger partial charge >= 0.3 is 0 Å². The number of hydroxylamine groups is 1. The minimum Gasteiger partial charge on any atom is -0.378 e. The average Bonchev–Trinajstić information content (AvgIpc) is 3.00. The van der Waals surface area contributed by atoms with Crippen molar-refractivity contribution in [1.82, 2.24) is 9.55 Å². The number of fused-ring (bicyclic) bond motifs is 3. The molecule has 2 aromatic carbocycles. The predicted molar refractivity (Wildman–Crippen MR) is 76.8 cm³/mol. The Morgan fingerprint density at radius 2 is 1.86 bits per heavy atom. The second-order valence-corrected chi connectivity index (χ2v) is 4.83. The highest BCUT2D eigenvalue weighted by molar-refractivity contribution is 5.55. The highest BCUT2D eigenvalue weighted by Gasteiger charge is 2.23. The molecule has 4 rings (SSSR count). The third kappa shape index (κ3) is 2.03. The monoisotopic (exact) mass is 281 g/mol. The zero-order valence-electron chi connectivity index (χ0n) is 11.1. The molecule has 5 heteroatoms. The van der Waals surface area contributed by atoms with Crippen LogP contribution in [-0.2, 0) is 6.54 Å². The van der Waals surface area contributed by atoms with E-state index in [1.54, 1.807) is 29.7 Å². The summed E-state index contributed by atoms with van der Waals surface area (Å²) >= 11 is 0. The summed E-state index contributed by atoms with van der Waals surface area (Å²) < 4.78 is 14.9. The van der Waals surface area contributed by atoms with E-state index in [4.69, 9.17) is 4.84 Å². The zero-order chi connectivity index (χ0) is 14.2. The summed E-state index contributed by atoms with van der Waals surface area (Å²) in [4.78, 5) is 10.0. The second kappa shape index (κ2) is 4.63. The summed E-state index contributed by atoms with van der Waals surface area (Å²) in [5.41, 5.74) is 2.24. The van der Waals surface area contributed by atoms with E-state index in [1.165, 1.54) is 12.1 Å². The van der Waals surface area contributed by atoms with E-state index in [1.807, 2.05) is 16.7 Å². The number of halogens is 1. The molecule has 1 aliphatic heterocycles. The number of benzene rings is 2. The zero-order valence-corrected chi connectivity index (χ0v) is 11.1. The van der Waals surface area contributed by atoms with Gasteiger partial charge in [0.1, 0.15) is 12.1 Å². The van der Waals surface area contributed by atoms with Crippen molar-refractivity contribution in [2.45, 2.75) is 6.54 Å². The Hall–Kier alpha value is -2.82. The molecule has 0 aliphatic carbocycles. The van der Waals surface area contributed by atoms with Gasteiger partial charge in [-0.1, -0.05) is 18.2 Å². The van der Waals surface area contributed by atoms with Crippen molar-refractivity contribution in [2.75, 3.05) is 5.06 Å². The summed E-state index contributed by atoms with van der Waals surface area (Å²) in [7, 11) is 0. The number of anilines is 1. The first-order chi connectivity index (χ1) is 10.3. The van der Waals surface area contributed by atoms with E-state index in [-0.39, 0.29) is 5.82 Å². The largest absolute Gasteiger partial charge is 0.378 e. The van der Waals surface area contributed by atoms with E-state index < -0.39 is 0 Å². The quantitative estimate of drug-likeness (QED) is 0.722. The lowest BCUT2D eigenvalue weighted by molar-refractivity contribution is 0.266. The molecule has 0 N–H and O–H groups in total. The van der Waals surface area contributed by atoms with Crippen LogP contribution in [0.2, 0.25) is 0 Å². The van der Waals surface area contributed by atoms with Gasteiger partial charge in [0.15, 0.2) is 11.6 Å². The minimum atomic E-state index is -0.281. The maximum Gasteiger partial charge on any atom is 0.168 e. The van der Waals surface area contributed by atoms with Gasteiger partial charge in [0.25, 0.3) is 0 Å². The van der Waals surface area contributed by atoms with Crippen molar-refractivity contribution in [2.24, 2.45) is 0 Å². The summed E-state index contributed by atoms with van der Waals surface area (Å²) in [6.45, 7) is 0.610. The van der Waals surface area contributed by atoms with Crippen LogP contribution in [0.3, 0.4) is 0 Å². The van der Waals surface area contributed by atoms with Gasteiger partial charge in [0, 0.05) is 0 Å². The number of nitrogens with zero attached hydrogens (tertiary/aromatic N) is 3. The Morgan fingerprint density at radius 1 is 1.05 bits per heavy atom. The summed E-state index contributed by atoms with van der Waals surface area (Å²) in [5.74, 6) is 1.15. The molecule has 104 valence electrons. The molecular weight excluding hydrogens is 269 g/mol. The van der Waals surface area contributed by atoms with Crippen molar-refractivity contribution in [3.63, 3.8) is 0 Å². The number of hydrogen-bond acceptors (Lipinski definition) is 3. The molecule has 0 fully saturated rings. The summed E-state index contributed by atoms with van der Waals surface area (Å²) in [5, 5.41) is 1.75. The molecule has 0 unspecified atom stereocenters. The van der Waals surface area contributed by atoms with Gasteiger partial charge in [-0.05, 0) is 35.9 Å². The predicted octanol–water partition coefficient (Wildman–Crippen LogP) is 3.33. The van der Waals surface area contributed by atoms with Crippen LogP contribution in [0.1, 0.15) is 5.56 Å². The molecule has 3 aromatic rings. The number of imidazole rings is 1. The minimum absolute atomic E-state index is 0.281. The molecule has 0 saturated carbocycles. The Labute approximate surface area is 121 Å². The first-order valence-electron chi connectivity index (χ1n) is 6.63. The lowest BCUT2D eigenvalue weighted by Crippen LogP contribution is -2.32. The van der Waals surface area contributed by atoms with E-state index in [0.29, 0.717) is 12.3 Å². The van der Waals surface area contributed by atoms with Gasteiger partial charge < -0.3 is 4.84 Å². The van der Waals surface area contributed by atoms with Crippen LogP contribution in [0, 0.1) is 5.82 Å². The number of para-hydroxylation sites is 1. The smallest absolute Gasteiger partial charge is 0.168 e. The van der Waals surface area contributed by atoms with E-state index in [2.05, 4.69) is 17.1 Å². The maximum atomic E-state index is 13.0. The van der Waals surface area contributed by atoms with E-state index >= 15 is 0 Å². The van der Waals surface area contributed by atoms with Crippen molar-refractivity contribution in [3.8, 4) is 11.4 Å². The first-order valence-corrected chi connectivity index (χ1v) is 6.63. The number of rotatable bonds is 2. The molecule has 2 heterocycles. The molecule has 0 bridgehead atoms. The Balaban J connectivity index is 1.71. The topological polar surface area (TPSA) is 30.3 Å². The Morgan fingerprint density at radius 3 is 2.71 bits per heavy atom. The first kappa shape index (κ1) is 12.0. The summed E-state index contributed by atoms with van der Waals surface area (Å²) in [6.07, 6.45) is 3.51. The van der Waals surface area contributed by atoms with Crippen LogP contribution in [0.15, 0.2) is 61.1 Å². The lowest BCUT2D eigenvalue weighted by atomic mass is 10.1. The number of aromatic nitrogens is 2. The third-order valence-corrected chi connectivity index (χ3v) is 3.47. The maximum absolute atomic E-state index is 13.0. The highest BCUT2D eigenvalue weighted by atomic mass is 19.1. The van der Waals surface area contributed by atoms with E-state index in [0.717, 1.165) is 17.1 Å². The standard InChI is InChI=1S/C16H12FN3O/c17-13-5-7-14(8-6-13)21-20-10-12-3-1-2-4-15(12)19-11-18-9-16(19)20/h1-9,11H,10H2. The molecule has 0 atom stereocenters. The highest BCUT2D eigenvalue weighted by Crippen LogP contribution is 2.30. The van der Waals surface area contributed by atoms with Gasteiger partial charge in [-0.3, -0.25) is 4.57 Å². The fourth-order valence-electron chi connectivity index (χ4n) is 2.48. The molecule has 1 aliphatic rings. The van der Waals surface area contributed by atoms with Gasteiger partial charge in [0.2, 0.25) is 0 Å². The van der Waals surface area contributed by atoms with Crippen molar-refractivity contribution in [1.29, 1.82) is 0 Å². The van der Waals surface area contributed by atoms with Gasteiger partial charge in [-0.25, -0.2) is 9.37 Å². The van der Waals surface area contributed by atoms with Crippen molar-refractivity contribution >= 4 is 5.82 Å². The average molecular weight is 281 g/mol. The van der Waals surface area contributed by atoms with Crippen LogP contribution in [-0.4, -0.2) is 9.55 Å². The molecule has 4 nitrogen and oxygen atoms in total. The van der Waals surface area contributed by atoms with Crippen LogP contribution in [0.5, 0.6) is 5.75 Å². The van der Waals surface area contributed by atoms with Crippen molar-refractivity contribution < 1.29 is 9.23 Å². The molecule has 0 amide bonds. The number of hydrogen-bond donors (Lipinski definition) is 0. The second-order valence-electron chi connectivity index (χ2n) is 4.83. The molecule has 0 saturated heterocycles. The van der Waals surface area contributed by atoms with Crippen LogP contribution in [0.4, 0.5) is 10.2 Å². The Kier molecular flexibility index (Phi) is 2.64. The van der Waals surface area contributed by atoms with E-state index in [9.17, 15) is 4.39 Å². The lowest BCUT2D eigenvalue weighted by Gasteiger charge is -2.30. The fourth-order valence-corrected chi connectivity index (χ4v) is 2.48. The molecule has 1 aromatic heterocycles. The van der Waals surface area contributed by atoms with Crippen LogP contribution >= 0.6 is 0 Å². The molecule has 0 spiro atoms. The fraction of sp³-hybridized carbons (Fsp3) is 0.0625. The van der Waals surface area contributed by atoms with Crippen LogP contribution < -0.4 is 9.90 Å². The van der Waals surface area contributed by atoms with Crippen molar-refractivity contribution in [3.05, 3.63) is 72.4 Å². The van der Waals surface area contributed by atoms with Gasteiger partial charge in [-0.15, -0.1) is 0 Å². The molecule has 0 radical (unpaired) electrons.